The van der Waals surface area contributed by atoms with Gasteiger partial charge < -0.3 is 24.1 Å². The fraction of sp³-hybridized carbons (Fsp3) is 0.520. The van der Waals surface area contributed by atoms with Crippen LogP contribution in [0.1, 0.15) is 55.1 Å². The third-order valence-electron chi connectivity index (χ3n) is 6.28. The highest BCUT2D eigenvalue weighted by molar-refractivity contribution is 5.94. The number of pyridine rings is 1. The summed E-state index contributed by atoms with van der Waals surface area (Å²) in [6.45, 7) is 5.06. The van der Waals surface area contributed by atoms with Gasteiger partial charge in [-0.15, -0.1) is 0 Å². The number of benzene rings is 1. The summed E-state index contributed by atoms with van der Waals surface area (Å²) < 4.78 is 18.8. The lowest BCUT2D eigenvalue weighted by Crippen LogP contribution is -2.38. The summed E-state index contributed by atoms with van der Waals surface area (Å²) in [5.41, 5.74) is 2.73. The van der Waals surface area contributed by atoms with Crippen LogP contribution in [0.25, 0.3) is 11.3 Å². The number of hydrogen-bond acceptors (Lipinski definition) is 5. The lowest BCUT2D eigenvalue weighted by atomic mass is 9.90. The minimum atomic E-state index is -0.378. The molecule has 7 nitrogen and oxygen atoms in total. The highest BCUT2D eigenvalue weighted by Crippen LogP contribution is 2.42. The lowest BCUT2D eigenvalue weighted by molar-refractivity contribution is 0.0903. The maximum atomic E-state index is 12.9. The first-order valence-corrected chi connectivity index (χ1v) is 11.3. The molecule has 1 fully saturated rings. The number of rotatable bonds is 9. The predicted octanol–water partition coefficient (Wildman–Crippen LogP) is 3.58. The second-order valence-corrected chi connectivity index (χ2v) is 8.85. The summed E-state index contributed by atoms with van der Waals surface area (Å²) in [5.74, 6) is 1.69. The van der Waals surface area contributed by atoms with Crippen LogP contribution in [-0.2, 0) is 11.2 Å². The summed E-state index contributed by atoms with van der Waals surface area (Å²) in [6.07, 6.45) is 5.82. The van der Waals surface area contributed by atoms with Crippen LogP contribution in [0.3, 0.4) is 0 Å². The van der Waals surface area contributed by atoms with Gasteiger partial charge in [0.05, 0.1) is 26.0 Å². The van der Waals surface area contributed by atoms with Crippen molar-refractivity contribution in [3.8, 4) is 22.8 Å². The molecule has 172 valence electrons. The summed E-state index contributed by atoms with van der Waals surface area (Å²) >= 11 is 0. The molecular formula is C25H32N2O5. The number of amides is 1. The average Bonchev–Trinajstić information content (AvgIpc) is 3.60. The molecule has 0 spiro atoms. The van der Waals surface area contributed by atoms with Crippen molar-refractivity contribution in [1.29, 1.82) is 0 Å². The van der Waals surface area contributed by atoms with Gasteiger partial charge in [0, 0.05) is 37.0 Å². The number of nitrogens with one attached hydrogen (secondary N) is 1. The van der Waals surface area contributed by atoms with Crippen molar-refractivity contribution in [2.24, 2.45) is 5.92 Å². The van der Waals surface area contributed by atoms with Crippen LogP contribution in [-0.4, -0.2) is 43.9 Å². The Balaban J connectivity index is 1.72. The first-order valence-electron chi connectivity index (χ1n) is 11.3. The number of carbonyl (C=O) groups is 1. The monoisotopic (exact) mass is 440 g/mol. The van der Waals surface area contributed by atoms with E-state index in [1.165, 1.54) is 12.8 Å². The fourth-order valence-corrected chi connectivity index (χ4v) is 4.30. The van der Waals surface area contributed by atoms with Gasteiger partial charge in [-0.25, -0.2) is 0 Å². The number of ether oxygens (including phenoxy) is 3. The van der Waals surface area contributed by atoms with E-state index >= 15 is 0 Å². The number of carbonyl (C=O) groups excluding carboxylic acids is 1. The summed E-state index contributed by atoms with van der Waals surface area (Å²) in [6, 6.07) is 5.54. The second-order valence-electron chi connectivity index (χ2n) is 8.85. The van der Waals surface area contributed by atoms with Crippen LogP contribution >= 0.6 is 0 Å². The fourth-order valence-electron chi connectivity index (χ4n) is 4.30. The van der Waals surface area contributed by atoms with Gasteiger partial charge >= 0.3 is 0 Å². The third kappa shape index (κ3) is 4.53. The average molecular weight is 441 g/mol. The number of fused-ring (bicyclic) bond motifs is 3. The zero-order chi connectivity index (χ0) is 22.8. The van der Waals surface area contributed by atoms with Crippen LogP contribution < -0.4 is 20.2 Å². The molecule has 2 heterocycles. The van der Waals surface area contributed by atoms with Gasteiger partial charge in [-0.1, -0.05) is 6.92 Å². The first kappa shape index (κ1) is 22.4. The van der Waals surface area contributed by atoms with Crippen molar-refractivity contribution in [1.82, 2.24) is 9.88 Å². The molecule has 7 heteroatoms. The molecule has 4 rings (SSSR count). The molecular weight excluding hydrogens is 408 g/mol. The lowest BCUT2D eigenvalue weighted by Gasteiger charge is -2.31. The quantitative estimate of drug-likeness (QED) is 0.645. The first-order chi connectivity index (χ1) is 15.4. The van der Waals surface area contributed by atoms with Gasteiger partial charge in [0.2, 0.25) is 0 Å². The smallest absolute Gasteiger partial charge is 0.257 e. The Morgan fingerprint density at radius 1 is 1.22 bits per heavy atom. The van der Waals surface area contributed by atoms with Crippen molar-refractivity contribution in [3.05, 3.63) is 45.7 Å². The van der Waals surface area contributed by atoms with Gasteiger partial charge in [0.15, 0.2) is 16.9 Å². The van der Waals surface area contributed by atoms with Crippen LogP contribution in [0, 0.1) is 5.92 Å². The van der Waals surface area contributed by atoms with E-state index in [2.05, 4.69) is 22.9 Å². The van der Waals surface area contributed by atoms with Crippen molar-refractivity contribution in [2.45, 2.75) is 51.6 Å². The number of hydrogen-bond donors (Lipinski definition) is 1. The normalized spacial score (nSPS) is 17.8. The van der Waals surface area contributed by atoms with Gasteiger partial charge in [0.1, 0.15) is 5.56 Å². The van der Waals surface area contributed by atoms with Crippen molar-refractivity contribution in [3.63, 3.8) is 0 Å². The van der Waals surface area contributed by atoms with E-state index in [4.69, 9.17) is 14.2 Å². The van der Waals surface area contributed by atoms with E-state index in [-0.39, 0.29) is 29.0 Å². The highest BCUT2D eigenvalue weighted by Gasteiger charge is 2.28. The molecule has 2 aliphatic rings. The Hall–Kier alpha value is -2.80. The SMILES string of the molecule is CCC1Cc2cc(OCC3CC3)c(OC)cc2-c2cc(=O)c(C(=O)NC(C)COC)cn21. The van der Waals surface area contributed by atoms with E-state index < -0.39 is 0 Å². The van der Waals surface area contributed by atoms with Gasteiger partial charge in [-0.3, -0.25) is 9.59 Å². The topological polar surface area (TPSA) is 78.8 Å². The van der Waals surface area contributed by atoms with Crippen LogP contribution in [0.15, 0.2) is 29.2 Å². The van der Waals surface area contributed by atoms with Crippen molar-refractivity contribution in [2.75, 3.05) is 27.4 Å². The Morgan fingerprint density at radius 2 is 2.00 bits per heavy atom. The molecule has 1 saturated carbocycles. The van der Waals surface area contributed by atoms with E-state index in [0.29, 0.717) is 24.9 Å². The Morgan fingerprint density at radius 3 is 2.66 bits per heavy atom. The van der Waals surface area contributed by atoms with Crippen molar-refractivity contribution < 1.29 is 19.0 Å². The molecule has 1 N–H and O–H groups in total. The third-order valence-corrected chi connectivity index (χ3v) is 6.28. The predicted molar refractivity (Wildman–Crippen MR) is 123 cm³/mol. The minimum Gasteiger partial charge on any atom is -0.493 e. The molecule has 1 aliphatic carbocycles. The Kier molecular flexibility index (Phi) is 6.55. The molecule has 2 aromatic rings. The molecule has 32 heavy (non-hydrogen) atoms. The highest BCUT2D eigenvalue weighted by atomic mass is 16.5. The maximum Gasteiger partial charge on any atom is 0.257 e. The zero-order valence-corrected chi connectivity index (χ0v) is 19.3. The van der Waals surface area contributed by atoms with Crippen LogP contribution in [0.2, 0.25) is 0 Å². The molecule has 1 aliphatic heterocycles. The van der Waals surface area contributed by atoms with Crippen LogP contribution in [0.4, 0.5) is 0 Å². The van der Waals surface area contributed by atoms with Gasteiger partial charge in [-0.2, -0.15) is 0 Å². The summed E-state index contributed by atoms with van der Waals surface area (Å²) in [4.78, 5) is 25.7. The van der Waals surface area contributed by atoms with Gasteiger partial charge in [0.25, 0.3) is 5.91 Å². The number of methoxy groups -OCH3 is 2. The second kappa shape index (κ2) is 9.36. The number of aromatic nitrogens is 1. The minimum absolute atomic E-state index is 0.144. The van der Waals surface area contributed by atoms with E-state index in [1.807, 2.05) is 13.0 Å². The molecule has 2 unspecified atom stereocenters. The van der Waals surface area contributed by atoms with E-state index in [9.17, 15) is 9.59 Å². The van der Waals surface area contributed by atoms with E-state index in [0.717, 1.165) is 35.4 Å². The molecule has 1 aromatic heterocycles. The molecule has 1 aromatic carbocycles. The largest absolute Gasteiger partial charge is 0.493 e. The standard InChI is InChI=1S/C25H32N2O5/c1-5-18-8-17-9-24(32-14-16-6-7-16)23(31-4)10-19(17)21-11-22(28)20(12-27(18)21)25(29)26-15(2)13-30-3/h9-12,15-16,18H,5-8,13-14H2,1-4H3,(H,26,29). The molecule has 0 radical (unpaired) electrons. The maximum absolute atomic E-state index is 12.9. The Bertz CT molecular complexity index is 1060. The molecule has 2 atom stereocenters. The molecule has 1 amide bonds. The molecule has 0 saturated heterocycles. The number of nitrogens with zero attached hydrogens (tertiary/aromatic N) is 1. The summed E-state index contributed by atoms with van der Waals surface area (Å²) in [7, 11) is 3.21. The zero-order valence-electron chi connectivity index (χ0n) is 19.3. The Labute approximate surface area is 188 Å². The van der Waals surface area contributed by atoms with E-state index in [1.54, 1.807) is 26.5 Å². The molecule has 0 bridgehead atoms. The van der Waals surface area contributed by atoms with Crippen LogP contribution in [0.5, 0.6) is 11.5 Å². The summed E-state index contributed by atoms with van der Waals surface area (Å²) in [5, 5.41) is 2.84. The van der Waals surface area contributed by atoms with Gasteiger partial charge in [-0.05, 0) is 56.2 Å². The van der Waals surface area contributed by atoms with Crippen molar-refractivity contribution >= 4 is 5.91 Å².